The van der Waals surface area contributed by atoms with Crippen molar-refractivity contribution in [3.63, 3.8) is 0 Å². The number of ketones is 1. The van der Waals surface area contributed by atoms with E-state index in [-0.39, 0.29) is 5.78 Å². The number of hydrogen-bond donors (Lipinski definition) is 0. The van der Waals surface area contributed by atoms with Gasteiger partial charge in [-0.05, 0) is 42.0 Å². The first kappa shape index (κ1) is 20.2. The van der Waals surface area contributed by atoms with E-state index in [1.54, 1.807) is 24.3 Å². The van der Waals surface area contributed by atoms with Gasteiger partial charge in [0.15, 0.2) is 0 Å². The molecule has 0 aromatic heterocycles. The maximum atomic E-state index is 13.5. The van der Waals surface area contributed by atoms with Gasteiger partial charge in [0.25, 0.3) is 0 Å². The molecule has 0 spiro atoms. The molecule has 0 fully saturated rings. The lowest BCUT2D eigenvalue weighted by atomic mass is 10.1. The highest BCUT2D eigenvalue weighted by Gasteiger charge is 2.47. The summed E-state index contributed by atoms with van der Waals surface area (Å²) in [5.41, 5.74) is 1.21. The fourth-order valence-corrected chi connectivity index (χ4v) is 7.95. The van der Waals surface area contributed by atoms with Gasteiger partial charge in [0.1, 0.15) is 36.0 Å². The third-order valence-electron chi connectivity index (χ3n) is 5.40. The molecule has 0 amide bonds. The highest BCUT2D eigenvalue weighted by Crippen LogP contribution is 2.55. The molecule has 0 saturated carbocycles. The molecular weight excluding hydrogens is 390 g/mol. The molecule has 148 valence electrons. The van der Waals surface area contributed by atoms with Crippen molar-refractivity contribution in [2.75, 3.05) is 6.16 Å². The second-order valence-electron chi connectivity index (χ2n) is 7.23. The number of Topliss-reactive ketones (excluding diaryl/α,β-unsaturated/α-hetero) is 1. The zero-order chi connectivity index (χ0) is 20.8. The lowest BCUT2D eigenvalue weighted by Gasteiger charge is -2.27. The quantitative estimate of drug-likeness (QED) is 0.296. The van der Waals surface area contributed by atoms with Crippen molar-refractivity contribution in [3.8, 4) is 0 Å². The normalized spacial score (nSPS) is 11.2. The summed E-state index contributed by atoms with van der Waals surface area (Å²) < 4.78 is 12.9. The van der Waals surface area contributed by atoms with Crippen molar-refractivity contribution in [1.29, 1.82) is 0 Å². The molecule has 0 aliphatic carbocycles. The van der Waals surface area contributed by atoms with E-state index >= 15 is 0 Å². The molecule has 4 aromatic carbocycles. The van der Waals surface area contributed by atoms with Gasteiger partial charge >= 0.3 is 0 Å². The topological polar surface area (TPSA) is 17.1 Å². The summed E-state index contributed by atoms with van der Waals surface area (Å²) in [6.07, 6.45) is 0.389. The van der Waals surface area contributed by atoms with Gasteiger partial charge in [-0.25, -0.2) is 4.39 Å². The SMILES string of the molecule is O=C(C[P+](c1ccccc1)(c1ccccc1)c1ccccc1)c1ccc(CF)cc1. The largest absolute Gasteiger partial charge is 0.290 e. The molecule has 30 heavy (non-hydrogen) atoms. The van der Waals surface area contributed by atoms with Crippen molar-refractivity contribution in [2.24, 2.45) is 0 Å². The average molecular weight is 413 g/mol. The van der Waals surface area contributed by atoms with Crippen molar-refractivity contribution in [3.05, 3.63) is 126 Å². The van der Waals surface area contributed by atoms with E-state index in [1.807, 2.05) is 54.6 Å². The zero-order valence-corrected chi connectivity index (χ0v) is 17.5. The van der Waals surface area contributed by atoms with Crippen LogP contribution in [0.2, 0.25) is 0 Å². The van der Waals surface area contributed by atoms with Gasteiger partial charge < -0.3 is 0 Å². The fraction of sp³-hybridized carbons (Fsp3) is 0.0741. The Bertz CT molecular complexity index is 997. The highest BCUT2D eigenvalue weighted by atomic mass is 31.2. The number of alkyl halides is 1. The Morgan fingerprint density at radius 3 is 1.37 bits per heavy atom. The predicted octanol–water partition coefficient (Wildman–Crippen LogP) is 5.33. The molecule has 3 heteroatoms. The average Bonchev–Trinajstić information content (AvgIpc) is 2.84. The number of carbonyl (C=O) groups is 1. The minimum atomic E-state index is -2.22. The molecule has 0 heterocycles. The summed E-state index contributed by atoms with van der Waals surface area (Å²) in [7, 11) is -2.22. The van der Waals surface area contributed by atoms with Crippen LogP contribution < -0.4 is 15.9 Å². The van der Waals surface area contributed by atoms with Crippen molar-refractivity contribution >= 4 is 29.0 Å². The van der Waals surface area contributed by atoms with Crippen molar-refractivity contribution < 1.29 is 9.18 Å². The summed E-state index contributed by atoms with van der Waals surface area (Å²) in [4.78, 5) is 13.5. The van der Waals surface area contributed by atoms with Gasteiger partial charge in [-0.3, -0.25) is 4.79 Å². The van der Waals surface area contributed by atoms with E-state index in [0.29, 0.717) is 17.3 Å². The summed E-state index contributed by atoms with van der Waals surface area (Å²) >= 11 is 0. The summed E-state index contributed by atoms with van der Waals surface area (Å²) in [6.45, 7) is -0.524. The Labute approximate surface area is 177 Å². The van der Waals surface area contributed by atoms with E-state index in [2.05, 4.69) is 36.4 Å². The number of halogens is 1. The number of benzene rings is 4. The van der Waals surface area contributed by atoms with E-state index in [4.69, 9.17) is 0 Å². The second kappa shape index (κ2) is 9.15. The molecule has 0 aliphatic rings. The lowest BCUT2D eigenvalue weighted by Crippen LogP contribution is -2.35. The smallest absolute Gasteiger partial charge is 0.201 e. The number of carbonyl (C=O) groups excluding carboxylic acids is 1. The van der Waals surface area contributed by atoms with Crippen LogP contribution in [0, 0.1) is 0 Å². The highest BCUT2D eigenvalue weighted by molar-refractivity contribution is 7.96. The van der Waals surface area contributed by atoms with E-state index < -0.39 is 13.9 Å². The molecule has 0 bridgehead atoms. The number of hydrogen-bond acceptors (Lipinski definition) is 1. The van der Waals surface area contributed by atoms with Crippen LogP contribution in [0.4, 0.5) is 4.39 Å². The standard InChI is InChI=1S/C27H23FOP/c28-20-22-16-18-23(19-17-22)27(29)21-30(24-10-4-1-5-11-24,25-12-6-2-7-13-25)26-14-8-3-9-15-26/h1-19H,20-21H2/q+1. The van der Waals surface area contributed by atoms with Crippen LogP contribution in [0.1, 0.15) is 15.9 Å². The molecule has 0 radical (unpaired) electrons. The molecule has 0 atom stereocenters. The Morgan fingerprint density at radius 2 is 1.00 bits per heavy atom. The van der Waals surface area contributed by atoms with Gasteiger partial charge in [-0.2, -0.15) is 0 Å². The van der Waals surface area contributed by atoms with Crippen LogP contribution in [0.15, 0.2) is 115 Å². The van der Waals surface area contributed by atoms with Crippen LogP contribution in [-0.4, -0.2) is 11.9 Å². The third kappa shape index (κ3) is 3.97. The van der Waals surface area contributed by atoms with Gasteiger partial charge in [0, 0.05) is 5.56 Å². The molecule has 0 N–H and O–H groups in total. The molecule has 0 unspecified atom stereocenters. The first-order chi connectivity index (χ1) is 14.7. The Hall–Kier alpha value is -3.09. The zero-order valence-electron chi connectivity index (χ0n) is 16.6. The van der Waals surface area contributed by atoms with Crippen LogP contribution in [-0.2, 0) is 6.67 Å². The van der Waals surface area contributed by atoms with Crippen LogP contribution in [0.3, 0.4) is 0 Å². The first-order valence-corrected chi connectivity index (χ1v) is 11.9. The number of rotatable bonds is 7. The maximum Gasteiger partial charge on any atom is 0.201 e. The van der Waals surface area contributed by atoms with Gasteiger partial charge in [-0.15, -0.1) is 0 Å². The molecule has 4 aromatic rings. The maximum absolute atomic E-state index is 13.5. The summed E-state index contributed by atoms with van der Waals surface area (Å²) in [5.74, 6) is 0.0744. The lowest BCUT2D eigenvalue weighted by molar-refractivity contribution is 0.102. The second-order valence-corrected chi connectivity index (χ2v) is 10.7. The Morgan fingerprint density at radius 1 is 0.600 bits per heavy atom. The monoisotopic (exact) mass is 413 g/mol. The van der Waals surface area contributed by atoms with Gasteiger partial charge in [-0.1, -0.05) is 78.9 Å². The fourth-order valence-electron chi connectivity index (χ4n) is 3.85. The van der Waals surface area contributed by atoms with E-state index in [1.165, 1.54) is 15.9 Å². The van der Waals surface area contributed by atoms with Crippen molar-refractivity contribution in [2.45, 2.75) is 6.67 Å². The minimum absolute atomic E-state index is 0.0744. The van der Waals surface area contributed by atoms with E-state index in [9.17, 15) is 9.18 Å². The van der Waals surface area contributed by atoms with Crippen LogP contribution in [0.5, 0.6) is 0 Å². The Kier molecular flexibility index (Phi) is 6.16. The summed E-state index contributed by atoms with van der Waals surface area (Å²) in [6, 6.07) is 37.9. The molecule has 0 saturated heterocycles. The van der Waals surface area contributed by atoms with Gasteiger partial charge in [0.2, 0.25) is 5.78 Å². The summed E-state index contributed by atoms with van der Waals surface area (Å²) in [5, 5.41) is 3.53. The first-order valence-electron chi connectivity index (χ1n) is 9.97. The van der Waals surface area contributed by atoms with Crippen molar-refractivity contribution in [1.82, 2.24) is 0 Å². The molecule has 0 aliphatic heterocycles. The van der Waals surface area contributed by atoms with E-state index in [0.717, 1.165) is 0 Å². The molecular formula is C27H23FOP+. The molecule has 1 nitrogen and oxygen atoms in total. The minimum Gasteiger partial charge on any atom is -0.290 e. The predicted molar refractivity (Wildman–Crippen MR) is 126 cm³/mol. The van der Waals surface area contributed by atoms with Gasteiger partial charge in [0.05, 0.1) is 0 Å². The molecule has 4 rings (SSSR count). The van der Waals surface area contributed by atoms with Crippen LogP contribution >= 0.6 is 7.26 Å². The Balaban J connectivity index is 1.89. The third-order valence-corrected chi connectivity index (χ3v) is 9.70. The van der Waals surface area contributed by atoms with Crippen LogP contribution in [0.25, 0.3) is 0 Å².